The Morgan fingerprint density at radius 1 is 1.64 bits per heavy atom. The van der Waals surface area contributed by atoms with Gasteiger partial charge in [0.2, 0.25) is 0 Å². The molecule has 0 N–H and O–H groups in total. The van der Waals surface area contributed by atoms with Crippen LogP contribution in [0.2, 0.25) is 5.02 Å². The first-order valence-electron chi connectivity index (χ1n) is 3.53. The monoisotopic (exact) mass is 274 g/mol. The lowest BCUT2D eigenvalue weighted by molar-refractivity contribution is -0.385. The van der Waals surface area contributed by atoms with Gasteiger partial charge in [0, 0.05) is 17.0 Å². The molecule has 0 amide bonds. The molecule has 0 bridgehead atoms. The molecule has 0 aliphatic carbocycles. The van der Waals surface area contributed by atoms with E-state index >= 15 is 0 Å². The fourth-order valence-electron chi connectivity index (χ4n) is 0.966. The van der Waals surface area contributed by atoms with Gasteiger partial charge in [-0.05, 0) is 6.07 Å². The van der Waals surface area contributed by atoms with E-state index in [0.29, 0.717) is 10.9 Å². The first-order valence-corrected chi connectivity index (χ1v) is 5.03. The topological polar surface area (TPSA) is 66.9 Å². The maximum Gasteiger partial charge on any atom is 0.274 e. The van der Waals surface area contributed by atoms with E-state index < -0.39 is 4.92 Å². The van der Waals surface area contributed by atoms with Crippen LogP contribution in [0.25, 0.3) is 0 Å². The number of benzene rings is 1. The first kappa shape index (κ1) is 11.0. The lowest BCUT2D eigenvalue weighted by Gasteiger charge is -2.00. The summed E-state index contributed by atoms with van der Waals surface area (Å²) in [5.41, 5.74) is 0.477. The molecule has 1 aromatic carbocycles. The van der Waals surface area contributed by atoms with E-state index in [9.17, 15) is 10.1 Å². The quantitative estimate of drug-likeness (QED) is 0.473. The van der Waals surface area contributed by atoms with Crippen LogP contribution in [0.5, 0.6) is 0 Å². The van der Waals surface area contributed by atoms with Crippen molar-refractivity contribution in [3.05, 3.63) is 38.4 Å². The molecular formula is C8H4BrClN2O2. The zero-order valence-electron chi connectivity index (χ0n) is 6.83. The standard InChI is InChI=1S/C8H4BrClN2O2/c9-3-5-1-7(10)6(4-11)2-8(5)12(13)14/h1-2H,3H2. The van der Waals surface area contributed by atoms with Gasteiger partial charge in [-0.15, -0.1) is 0 Å². The second kappa shape index (κ2) is 4.40. The SMILES string of the molecule is N#Cc1cc([N+](=O)[O-])c(CBr)cc1Cl. The number of nitro groups is 1. The van der Waals surface area contributed by atoms with Crippen molar-refractivity contribution in [1.82, 2.24) is 0 Å². The van der Waals surface area contributed by atoms with E-state index in [-0.39, 0.29) is 16.3 Å². The lowest BCUT2D eigenvalue weighted by Crippen LogP contribution is -1.95. The van der Waals surface area contributed by atoms with Gasteiger partial charge in [0.25, 0.3) is 5.69 Å². The highest BCUT2D eigenvalue weighted by Crippen LogP contribution is 2.27. The second-order valence-electron chi connectivity index (χ2n) is 2.46. The van der Waals surface area contributed by atoms with Crippen LogP contribution in [0, 0.1) is 21.4 Å². The Morgan fingerprint density at radius 2 is 2.29 bits per heavy atom. The molecule has 1 rings (SSSR count). The summed E-state index contributed by atoms with van der Waals surface area (Å²) in [6.45, 7) is 0. The summed E-state index contributed by atoms with van der Waals surface area (Å²) >= 11 is 8.83. The number of hydrogen-bond acceptors (Lipinski definition) is 3. The van der Waals surface area contributed by atoms with Crippen molar-refractivity contribution >= 4 is 33.2 Å². The van der Waals surface area contributed by atoms with E-state index in [1.165, 1.54) is 12.1 Å². The van der Waals surface area contributed by atoms with Crippen LogP contribution >= 0.6 is 27.5 Å². The third-order valence-electron chi connectivity index (χ3n) is 1.63. The number of nitro benzene ring substituents is 1. The van der Waals surface area contributed by atoms with Gasteiger partial charge in [0.05, 0.1) is 15.5 Å². The predicted molar refractivity (Wildman–Crippen MR) is 55.5 cm³/mol. The Kier molecular flexibility index (Phi) is 3.44. The third kappa shape index (κ3) is 2.03. The van der Waals surface area contributed by atoms with Crippen molar-refractivity contribution in [3.8, 4) is 6.07 Å². The Bertz CT molecular complexity index is 428. The minimum atomic E-state index is -0.534. The minimum Gasteiger partial charge on any atom is -0.258 e. The molecule has 0 radical (unpaired) electrons. The van der Waals surface area contributed by atoms with Crippen LogP contribution in [-0.2, 0) is 5.33 Å². The van der Waals surface area contributed by atoms with Crippen LogP contribution < -0.4 is 0 Å². The molecule has 0 saturated carbocycles. The van der Waals surface area contributed by atoms with Gasteiger partial charge in [0.1, 0.15) is 6.07 Å². The normalized spacial score (nSPS) is 9.50. The number of alkyl halides is 1. The Morgan fingerprint density at radius 3 is 2.71 bits per heavy atom. The van der Waals surface area contributed by atoms with E-state index in [4.69, 9.17) is 16.9 Å². The van der Waals surface area contributed by atoms with Gasteiger partial charge < -0.3 is 0 Å². The highest BCUT2D eigenvalue weighted by atomic mass is 79.9. The molecule has 72 valence electrons. The maximum atomic E-state index is 10.6. The van der Waals surface area contributed by atoms with Crippen molar-refractivity contribution in [1.29, 1.82) is 5.26 Å². The Labute approximate surface area is 93.4 Å². The zero-order valence-corrected chi connectivity index (χ0v) is 9.17. The largest absolute Gasteiger partial charge is 0.274 e. The summed E-state index contributed by atoms with van der Waals surface area (Å²) in [7, 11) is 0. The molecule has 0 fully saturated rings. The molecule has 0 saturated heterocycles. The van der Waals surface area contributed by atoms with E-state index in [1.54, 1.807) is 6.07 Å². The molecule has 0 atom stereocenters. The fourth-order valence-corrected chi connectivity index (χ4v) is 1.64. The van der Waals surface area contributed by atoms with Gasteiger partial charge in [-0.3, -0.25) is 10.1 Å². The molecule has 6 heteroatoms. The van der Waals surface area contributed by atoms with Crippen LogP contribution in [-0.4, -0.2) is 4.92 Å². The van der Waals surface area contributed by atoms with Crippen molar-refractivity contribution in [3.63, 3.8) is 0 Å². The average Bonchev–Trinajstić information content (AvgIpc) is 2.16. The summed E-state index contributed by atoms with van der Waals surface area (Å²) < 4.78 is 0. The fraction of sp³-hybridized carbons (Fsp3) is 0.125. The number of rotatable bonds is 2. The predicted octanol–water partition coefficient (Wildman–Crippen LogP) is 3.01. The van der Waals surface area contributed by atoms with Crippen molar-refractivity contribution in [2.45, 2.75) is 5.33 Å². The number of nitriles is 1. The maximum absolute atomic E-state index is 10.6. The summed E-state index contributed by atoms with van der Waals surface area (Å²) in [4.78, 5) is 10.1. The summed E-state index contributed by atoms with van der Waals surface area (Å²) in [6.07, 6.45) is 0. The molecule has 0 spiro atoms. The van der Waals surface area contributed by atoms with E-state index in [1.807, 2.05) is 0 Å². The van der Waals surface area contributed by atoms with Crippen LogP contribution in [0.15, 0.2) is 12.1 Å². The number of nitrogens with zero attached hydrogens (tertiary/aromatic N) is 2. The summed E-state index contributed by atoms with van der Waals surface area (Å²) in [5.74, 6) is 0. The highest BCUT2D eigenvalue weighted by molar-refractivity contribution is 9.08. The molecule has 0 heterocycles. The van der Waals surface area contributed by atoms with Gasteiger partial charge >= 0.3 is 0 Å². The molecule has 1 aromatic rings. The molecule has 4 nitrogen and oxygen atoms in total. The minimum absolute atomic E-state index is 0.0946. The highest BCUT2D eigenvalue weighted by Gasteiger charge is 2.16. The van der Waals surface area contributed by atoms with Crippen LogP contribution in [0.3, 0.4) is 0 Å². The van der Waals surface area contributed by atoms with Crippen molar-refractivity contribution in [2.75, 3.05) is 0 Å². The van der Waals surface area contributed by atoms with Crippen LogP contribution in [0.1, 0.15) is 11.1 Å². The lowest BCUT2D eigenvalue weighted by atomic mass is 10.1. The van der Waals surface area contributed by atoms with Gasteiger partial charge in [-0.1, -0.05) is 27.5 Å². The average molecular weight is 275 g/mol. The third-order valence-corrected chi connectivity index (χ3v) is 2.55. The Balaban J connectivity index is 3.42. The van der Waals surface area contributed by atoms with E-state index in [2.05, 4.69) is 15.9 Å². The van der Waals surface area contributed by atoms with E-state index in [0.717, 1.165) is 0 Å². The van der Waals surface area contributed by atoms with Gasteiger partial charge in [0.15, 0.2) is 0 Å². The molecule has 14 heavy (non-hydrogen) atoms. The molecule has 0 aliphatic heterocycles. The first-order chi connectivity index (χ1) is 6.60. The molecular weight excluding hydrogens is 271 g/mol. The summed E-state index contributed by atoms with van der Waals surface area (Å²) in [6, 6.07) is 4.39. The summed E-state index contributed by atoms with van der Waals surface area (Å²) in [5, 5.41) is 19.8. The molecule has 0 aromatic heterocycles. The molecule has 0 unspecified atom stereocenters. The van der Waals surface area contributed by atoms with Crippen molar-refractivity contribution < 1.29 is 4.92 Å². The van der Waals surface area contributed by atoms with Gasteiger partial charge in [-0.2, -0.15) is 5.26 Å². The smallest absolute Gasteiger partial charge is 0.258 e. The number of halogens is 2. The van der Waals surface area contributed by atoms with Crippen molar-refractivity contribution in [2.24, 2.45) is 0 Å². The second-order valence-corrected chi connectivity index (χ2v) is 3.43. The zero-order chi connectivity index (χ0) is 10.7. The van der Waals surface area contributed by atoms with Gasteiger partial charge in [-0.25, -0.2) is 0 Å². The molecule has 0 aliphatic rings. The van der Waals surface area contributed by atoms with Crippen LogP contribution in [0.4, 0.5) is 5.69 Å². The Hall–Kier alpha value is -1.12. The number of hydrogen-bond donors (Lipinski definition) is 0.